The molecule has 1 fully saturated rings. The van der Waals surface area contributed by atoms with Crippen molar-refractivity contribution in [3.05, 3.63) is 0 Å². The third-order valence-corrected chi connectivity index (χ3v) is 2.00. The van der Waals surface area contributed by atoms with Gasteiger partial charge in [-0.25, -0.2) is 0 Å². The second kappa shape index (κ2) is 3.36. The Hall–Kier alpha value is 0.310. The molecule has 0 aromatic rings. The lowest BCUT2D eigenvalue weighted by Gasteiger charge is -1.96. The SMILES string of the molecule is CCCOCC1CS1. The summed E-state index contributed by atoms with van der Waals surface area (Å²) in [5, 5.41) is 0.849. The van der Waals surface area contributed by atoms with Crippen LogP contribution in [-0.4, -0.2) is 24.2 Å². The number of hydrogen-bond acceptors (Lipinski definition) is 2. The molecule has 1 aliphatic rings. The van der Waals surface area contributed by atoms with Crippen LogP contribution in [0.15, 0.2) is 0 Å². The molecule has 1 heterocycles. The van der Waals surface area contributed by atoms with Crippen LogP contribution in [0.25, 0.3) is 0 Å². The van der Waals surface area contributed by atoms with Crippen LogP contribution in [0.5, 0.6) is 0 Å². The molecule has 0 N–H and O–H groups in total. The minimum Gasteiger partial charge on any atom is -0.380 e. The van der Waals surface area contributed by atoms with Crippen LogP contribution in [0.2, 0.25) is 0 Å². The van der Waals surface area contributed by atoms with Crippen LogP contribution in [0.1, 0.15) is 13.3 Å². The van der Waals surface area contributed by atoms with E-state index in [9.17, 15) is 0 Å². The van der Waals surface area contributed by atoms with Gasteiger partial charge in [0.2, 0.25) is 0 Å². The molecule has 8 heavy (non-hydrogen) atoms. The first-order chi connectivity index (χ1) is 3.93. The van der Waals surface area contributed by atoms with Crippen LogP contribution >= 0.6 is 11.8 Å². The maximum Gasteiger partial charge on any atom is 0.0593 e. The predicted octanol–water partition coefficient (Wildman–Crippen LogP) is 1.53. The zero-order chi connectivity index (χ0) is 5.82. The van der Waals surface area contributed by atoms with Gasteiger partial charge in [-0.2, -0.15) is 11.8 Å². The molecule has 1 nitrogen and oxygen atoms in total. The van der Waals surface area contributed by atoms with Gasteiger partial charge in [0.05, 0.1) is 6.61 Å². The number of ether oxygens (including phenoxy) is 1. The minimum atomic E-state index is 0.849. The van der Waals surface area contributed by atoms with E-state index in [1.807, 2.05) is 11.8 Å². The van der Waals surface area contributed by atoms with Gasteiger partial charge in [-0.3, -0.25) is 0 Å². The Morgan fingerprint density at radius 1 is 1.75 bits per heavy atom. The Labute approximate surface area is 54.8 Å². The first-order valence-corrected chi connectivity index (χ1v) is 4.17. The molecule has 1 aliphatic heterocycles. The average molecular weight is 132 g/mol. The first-order valence-electron chi connectivity index (χ1n) is 3.13. The largest absolute Gasteiger partial charge is 0.380 e. The average Bonchev–Trinajstić information content (AvgIpc) is 2.51. The van der Waals surface area contributed by atoms with Gasteiger partial charge in [0, 0.05) is 17.6 Å². The van der Waals surface area contributed by atoms with Gasteiger partial charge in [0.25, 0.3) is 0 Å². The zero-order valence-corrected chi connectivity index (χ0v) is 6.04. The smallest absolute Gasteiger partial charge is 0.0593 e. The normalized spacial score (nSPS) is 25.9. The monoisotopic (exact) mass is 132 g/mol. The highest BCUT2D eigenvalue weighted by Gasteiger charge is 2.21. The van der Waals surface area contributed by atoms with Crippen molar-refractivity contribution in [2.45, 2.75) is 18.6 Å². The van der Waals surface area contributed by atoms with Gasteiger partial charge in [-0.15, -0.1) is 0 Å². The Kier molecular flexibility index (Phi) is 2.70. The lowest BCUT2D eigenvalue weighted by atomic mass is 10.5. The van der Waals surface area contributed by atoms with Crippen LogP contribution in [0.4, 0.5) is 0 Å². The van der Waals surface area contributed by atoms with Gasteiger partial charge >= 0.3 is 0 Å². The topological polar surface area (TPSA) is 9.23 Å². The third-order valence-electron chi connectivity index (χ3n) is 1.05. The van der Waals surface area contributed by atoms with E-state index in [1.165, 1.54) is 5.75 Å². The molecule has 0 radical (unpaired) electrons. The van der Waals surface area contributed by atoms with Gasteiger partial charge in [0.15, 0.2) is 0 Å². The molecule has 0 spiro atoms. The molecule has 0 aromatic heterocycles. The van der Waals surface area contributed by atoms with E-state index >= 15 is 0 Å². The Balaban J connectivity index is 1.74. The van der Waals surface area contributed by atoms with Crippen LogP contribution in [-0.2, 0) is 4.74 Å². The summed E-state index contributed by atoms with van der Waals surface area (Å²) >= 11 is 1.99. The van der Waals surface area contributed by atoms with E-state index in [4.69, 9.17) is 4.74 Å². The Morgan fingerprint density at radius 2 is 2.50 bits per heavy atom. The third kappa shape index (κ3) is 2.58. The summed E-state index contributed by atoms with van der Waals surface area (Å²) in [5.41, 5.74) is 0. The highest BCUT2D eigenvalue weighted by Crippen LogP contribution is 2.29. The fourth-order valence-corrected chi connectivity index (χ4v) is 0.948. The lowest BCUT2D eigenvalue weighted by Crippen LogP contribution is -2.00. The molecule has 1 atom stereocenters. The van der Waals surface area contributed by atoms with Crippen molar-refractivity contribution >= 4 is 11.8 Å². The number of rotatable bonds is 4. The molecule has 2 heteroatoms. The van der Waals surface area contributed by atoms with Crippen molar-refractivity contribution in [2.24, 2.45) is 0 Å². The van der Waals surface area contributed by atoms with Crippen molar-refractivity contribution in [3.63, 3.8) is 0 Å². The molecule has 0 aromatic carbocycles. The van der Waals surface area contributed by atoms with Crippen molar-refractivity contribution < 1.29 is 4.74 Å². The van der Waals surface area contributed by atoms with E-state index in [2.05, 4.69) is 6.92 Å². The zero-order valence-electron chi connectivity index (χ0n) is 5.22. The van der Waals surface area contributed by atoms with E-state index < -0.39 is 0 Å². The van der Waals surface area contributed by atoms with Crippen molar-refractivity contribution in [2.75, 3.05) is 19.0 Å². The molecule has 0 aliphatic carbocycles. The highest BCUT2D eigenvalue weighted by molar-refractivity contribution is 8.06. The van der Waals surface area contributed by atoms with E-state index in [1.54, 1.807) is 0 Å². The molecule has 1 saturated heterocycles. The minimum absolute atomic E-state index is 0.849. The molecule has 1 unspecified atom stereocenters. The first kappa shape index (κ1) is 6.43. The summed E-state index contributed by atoms with van der Waals surface area (Å²) in [6.07, 6.45) is 1.15. The molecule has 0 amide bonds. The van der Waals surface area contributed by atoms with Crippen LogP contribution in [0, 0.1) is 0 Å². The van der Waals surface area contributed by atoms with Crippen LogP contribution < -0.4 is 0 Å². The number of thioether (sulfide) groups is 1. The molecular weight excluding hydrogens is 120 g/mol. The fourth-order valence-electron chi connectivity index (χ4n) is 0.523. The van der Waals surface area contributed by atoms with Crippen molar-refractivity contribution in [1.82, 2.24) is 0 Å². The summed E-state index contributed by atoms with van der Waals surface area (Å²) in [7, 11) is 0. The van der Waals surface area contributed by atoms with Crippen molar-refractivity contribution in [3.8, 4) is 0 Å². The molecule has 0 saturated carbocycles. The predicted molar refractivity (Wildman–Crippen MR) is 37.4 cm³/mol. The second-order valence-electron chi connectivity index (χ2n) is 2.03. The van der Waals surface area contributed by atoms with Crippen molar-refractivity contribution in [1.29, 1.82) is 0 Å². The summed E-state index contributed by atoms with van der Waals surface area (Å²) < 4.78 is 5.29. The number of hydrogen-bond donors (Lipinski definition) is 0. The summed E-state index contributed by atoms with van der Waals surface area (Å²) in [6.45, 7) is 4.07. The standard InChI is InChI=1S/C6H12OS/c1-2-3-7-4-6-5-8-6/h6H,2-5H2,1H3. The fraction of sp³-hybridized carbons (Fsp3) is 1.00. The van der Waals surface area contributed by atoms with Gasteiger partial charge in [-0.05, 0) is 6.42 Å². The highest BCUT2D eigenvalue weighted by atomic mass is 32.2. The van der Waals surface area contributed by atoms with E-state index in [-0.39, 0.29) is 0 Å². The maximum absolute atomic E-state index is 5.29. The Bertz CT molecular complexity index is 61.5. The van der Waals surface area contributed by atoms with Gasteiger partial charge < -0.3 is 4.74 Å². The van der Waals surface area contributed by atoms with Gasteiger partial charge in [-0.1, -0.05) is 6.92 Å². The summed E-state index contributed by atoms with van der Waals surface area (Å²) in [4.78, 5) is 0. The summed E-state index contributed by atoms with van der Waals surface area (Å²) in [5.74, 6) is 1.32. The molecule has 0 bridgehead atoms. The maximum atomic E-state index is 5.29. The quantitative estimate of drug-likeness (QED) is 0.424. The lowest BCUT2D eigenvalue weighted by molar-refractivity contribution is 0.142. The summed E-state index contributed by atoms with van der Waals surface area (Å²) in [6, 6.07) is 0. The Morgan fingerprint density at radius 3 is 3.00 bits per heavy atom. The second-order valence-corrected chi connectivity index (χ2v) is 3.36. The van der Waals surface area contributed by atoms with E-state index in [0.717, 1.165) is 24.9 Å². The van der Waals surface area contributed by atoms with Crippen LogP contribution in [0.3, 0.4) is 0 Å². The van der Waals surface area contributed by atoms with E-state index in [0.29, 0.717) is 0 Å². The molecular formula is C6H12OS. The van der Waals surface area contributed by atoms with Gasteiger partial charge in [0.1, 0.15) is 0 Å². The molecule has 1 rings (SSSR count). The molecule has 48 valence electrons.